The molecule has 2 aromatic rings. The van der Waals surface area contributed by atoms with Crippen molar-refractivity contribution in [1.29, 1.82) is 0 Å². The lowest BCUT2D eigenvalue weighted by Crippen LogP contribution is -2.56. The summed E-state index contributed by atoms with van der Waals surface area (Å²) in [7, 11) is 0. The Balaban J connectivity index is 1.80. The Kier molecular flexibility index (Phi) is 5.49. The molecule has 2 aliphatic rings. The quantitative estimate of drug-likeness (QED) is 0.761. The first-order valence-corrected chi connectivity index (χ1v) is 10.4. The highest BCUT2D eigenvalue weighted by atomic mass is 19.4. The van der Waals surface area contributed by atoms with Gasteiger partial charge in [0.2, 0.25) is 5.91 Å². The number of nitrogens with zero attached hydrogens (tertiary/aromatic N) is 2. The van der Waals surface area contributed by atoms with Crippen LogP contribution in [0.25, 0.3) is 0 Å². The van der Waals surface area contributed by atoms with E-state index in [9.17, 15) is 22.8 Å². The molecule has 2 aliphatic heterocycles. The zero-order valence-electron chi connectivity index (χ0n) is 17.2. The third kappa shape index (κ3) is 4.16. The fourth-order valence-electron chi connectivity index (χ4n) is 4.88. The van der Waals surface area contributed by atoms with E-state index < -0.39 is 23.3 Å². The number of carbonyl (C=O) groups is 2. The molecular formula is C23H24F3N3O2. The monoisotopic (exact) mass is 431 g/mol. The van der Waals surface area contributed by atoms with E-state index in [1.807, 2.05) is 6.92 Å². The summed E-state index contributed by atoms with van der Waals surface area (Å²) in [6.07, 6.45) is 1.43. The van der Waals surface area contributed by atoms with Gasteiger partial charge in [-0.3, -0.25) is 14.6 Å². The van der Waals surface area contributed by atoms with Crippen molar-refractivity contribution in [1.82, 2.24) is 15.2 Å². The minimum atomic E-state index is -4.48. The van der Waals surface area contributed by atoms with E-state index in [4.69, 9.17) is 0 Å². The fourth-order valence-corrected chi connectivity index (χ4v) is 4.88. The molecule has 0 radical (unpaired) electrons. The van der Waals surface area contributed by atoms with Gasteiger partial charge < -0.3 is 10.2 Å². The number of hydrogen-bond acceptors (Lipinski definition) is 3. The average Bonchev–Trinajstić information content (AvgIpc) is 3.01. The molecule has 4 rings (SSSR count). The molecule has 1 N–H and O–H groups in total. The Morgan fingerprint density at radius 2 is 2.03 bits per heavy atom. The minimum absolute atomic E-state index is 0.0920. The number of nitrogens with one attached hydrogen (secondary N) is 1. The highest BCUT2D eigenvalue weighted by molar-refractivity contribution is 5.95. The van der Waals surface area contributed by atoms with Crippen molar-refractivity contribution in [2.75, 3.05) is 0 Å². The van der Waals surface area contributed by atoms with Gasteiger partial charge in [0.25, 0.3) is 5.91 Å². The van der Waals surface area contributed by atoms with Crippen molar-refractivity contribution in [3.63, 3.8) is 0 Å². The molecule has 5 nitrogen and oxygen atoms in total. The summed E-state index contributed by atoms with van der Waals surface area (Å²) in [6.45, 7) is 1.89. The number of carbonyl (C=O) groups excluding carboxylic acids is 2. The van der Waals surface area contributed by atoms with Crippen LogP contribution in [0.2, 0.25) is 0 Å². The summed E-state index contributed by atoms with van der Waals surface area (Å²) in [4.78, 5) is 31.6. The highest BCUT2D eigenvalue weighted by Crippen LogP contribution is 2.46. The first kappa shape index (κ1) is 21.3. The van der Waals surface area contributed by atoms with Crippen LogP contribution >= 0.6 is 0 Å². The summed E-state index contributed by atoms with van der Waals surface area (Å²) < 4.78 is 40.1. The molecule has 3 heterocycles. The Morgan fingerprint density at radius 1 is 1.23 bits per heavy atom. The summed E-state index contributed by atoms with van der Waals surface area (Å²) >= 11 is 0. The van der Waals surface area contributed by atoms with E-state index >= 15 is 0 Å². The van der Waals surface area contributed by atoms with Gasteiger partial charge in [-0.25, -0.2) is 0 Å². The number of fused-ring (bicyclic) bond motifs is 1. The maximum atomic E-state index is 13.5. The topological polar surface area (TPSA) is 62.3 Å². The summed E-state index contributed by atoms with van der Waals surface area (Å²) in [6, 6.07) is 7.50. The molecule has 2 amide bonds. The van der Waals surface area contributed by atoms with E-state index in [0.29, 0.717) is 36.8 Å². The van der Waals surface area contributed by atoms with Gasteiger partial charge >= 0.3 is 6.18 Å². The molecule has 0 saturated carbocycles. The van der Waals surface area contributed by atoms with Crippen molar-refractivity contribution in [3.05, 3.63) is 65.5 Å². The second kappa shape index (κ2) is 7.98. The maximum absolute atomic E-state index is 13.5. The second-order valence-corrected chi connectivity index (χ2v) is 8.52. The van der Waals surface area contributed by atoms with Gasteiger partial charge in [-0.15, -0.1) is 0 Å². The van der Waals surface area contributed by atoms with Crippen LogP contribution in [0.3, 0.4) is 0 Å². The predicted molar refractivity (Wildman–Crippen MR) is 108 cm³/mol. The first-order valence-electron chi connectivity index (χ1n) is 10.4. The van der Waals surface area contributed by atoms with Crippen molar-refractivity contribution >= 4 is 11.8 Å². The number of amides is 2. The van der Waals surface area contributed by atoms with Crippen molar-refractivity contribution in [2.24, 2.45) is 0 Å². The van der Waals surface area contributed by atoms with E-state index in [1.54, 1.807) is 29.3 Å². The third-order valence-corrected chi connectivity index (χ3v) is 6.32. The first-order chi connectivity index (χ1) is 14.7. The van der Waals surface area contributed by atoms with Crippen molar-refractivity contribution in [3.8, 4) is 0 Å². The van der Waals surface area contributed by atoms with Crippen LogP contribution in [0, 0.1) is 0 Å². The van der Waals surface area contributed by atoms with Gasteiger partial charge in [-0.05, 0) is 56.0 Å². The molecule has 2 fully saturated rings. The zero-order chi connectivity index (χ0) is 22.2. The predicted octanol–water partition coefficient (Wildman–Crippen LogP) is 4.51. The lowest BCUT2D eigenvalue weighted by atomic mass is 9.85. The lowest BCUT2D eigenvalue weighted by Gasteiger charge is -2.38. The fraction of sp³-hybridized carbons (Fsp3) is 0.435. The van der Waals surface area contributed by atoms with Gasteiger partial charge in [-0.2, -0.15) is 13.2 Å². The molecule has 1 aromatic heterocycles. The molecule has 0 aliphatic carbocycles. The lowest BCUT2D eigenvalue weighted by molar-refractivity contribution is -0.137. The van der Waals surface area contributed by atoms with Crippen LogP contribution in [-0.4, -0.2) is 33.3 Å². The number of hydrogen-bond donors (Lipinski definition) is 1. The Morgan fingerprint density at radius 3 is 2.74 bits per heavy atom. The molecule has 0 bridgehead atoms. The number of rotatable bonds is 2. The smallest absolute Gasteiger partial charge is 0.349 e. The Labute approximate surface area is 178 Å². The van der Waals surface area contributed by atoms with Gasteiger partial charge in [0.05, 0.1) is 28.7 Å². The van der Waals surface area contributed by atoms with Gasteiger partial charge in [0.1, 0.15) is 0 Å². The van der Waals surface area contributed by atoms with E-state index in [-0.39, 0.29) is 17.9 Å². The number of alkyl halides is 3. The highest BCUT2D eigenvalue weighted by Gasteiger charge is 2.52. The van der Waals surface area contributed by atoms with Crippen LogP contribution < -0.4 is 5.32 Å². The third-order valence-electron chi connectivity index (χ3n) is 6.32. The van der Waals surface area contributed by atoms with Crippen molar-refractivity contribution in [2.45, 2.75) is 62.8 Å². The Hall–Kier alpha value is -2.90. The number of benzene rings is 1. The van der Waals surface area contributed by atoms with E-state index in [2.05, 4.69) is 10.3 Å². The number of pyridine rings is 1. The molecule has 0 unspecified atom stereocenters. The Bertz CT molecular complexity index is 980. The zero-order valence-corrected chi connectivity index (χ0v) is 17.2. The number of halogens is 3. The van der Waals surface area contributed by atoms with Crippen LogP contribution in [0.1, 0.15) is 66.6 Å². The average molecular weight is 431 g/mol. The van der Waals surface area contributed by atoms with Crippen LogP contribution in [-0.2, 0) is 11.0 Å². The normalized spacial score (nSPS) is 26.6. The molecule has 1 aromatic carbocycles. The van der Waals surface area contributed by atoms with Gasteiger partial charge in [-0.1, -0.05) is 18.6 Å². The summed E-state index contributed by atoms with van der Waals surface area (Å²) in [5.74, 6) is -0.385. The van der Waals surface area contributed by atoms with Crippen molar-refractivity contribution < 1.29 is 22.8 Å². The van der Waals surface area contributed by atoms with E-state index in [0.717, 1.165) is 18.6 Å². The van der Waals surface area contributed by atoms with Crippen LogP contribution in [0.4, 0.5) is 13.2 Å². The summed E-state index contributed by atoms with van der Waals surface area (Å²) in [5, 5.41) is 3.07. The number of aromatic nitrogens is 1. The van der Waals surface area contributed by atoms with E-state index in [1.165, 1.54) is 12.3 Å². The van der Waals surface area contributed by atoms with Crippen LogP contribution in [0.5, 0.6) is 0 Å². The minimum Gasteiger partial charge on any atom is -0.349 e. The molecule has 2 saturated heterocycles. The molecular weight excluding hydrogens is 407 g/mol. The maximum Gasteiger partial charge on any atom is 0.416 e. The van der Waals surface area contributed by atoms with Crippen LogP contribution in [0.15, 0.2) is 48.8 Å². The number of likely N-dealkylation sites (tertiary alicyclic amines) is 1. The molecule has 164 valence electrons. The molecule has 31 heavy (non-hydrogen) atoms. The van der Waals surface area contributed by atoms with Gasteiger partial charge in [0.15, 0.2) is 0 Å². The molecule has 8 heteroatoms. The van der Waals surface area contributed by atoms with Gasteiger partial charge in [0, 0.05) is 18.8 Å². The SMILES string of the molecule is C[C@]12C[C@@H](c3cccc(C(F)(F)F)c3)N(C(=O)c3cccnc3)[C@H]1CCCCC(=O)N2. The molecule has 3 atom stereocenters. The molecule has 0 spiro atoms. The standard InChI is InChI=1S/C23H24F3N3O2/c1-22-13-18(15-6-4-8-17(12-15)23(24,25)26)29(21(31)16-7-5-11-27-14-16)19(22)9-2-3-10-20(30)28-22/h4-8,11-12,14,18-19H,2-3,9-10,13H2,1H3,(H,28,30)/t18-,19-,22-/m0/s1. The second-order valence-electron chi connectivity index (χ2n) is 8.52. The largest absolute Gasteiger partial charge is 0.416 e. The summed E-state index contributed by atoms with van der Waals surface area (Å²) in [5.41, 5.74) is -0.697.